The molecule has 0 aliphatic rings. The minimum Gasteiger partial charge on any atom is -0.267 e. The first-order valence-electron chi connectivity index (χ1n) is 9.05. The van der Waals surface area contributed by atoms with Crippen LogP contribution in [0.1, 0.15) is 21.5 Å². The van der Waals surface area contributed by atoms with E-state index in [1.54, 1.807) is 48.5 Å². The van der Waals surface area contributed by atoms with Gasteiger partial charge in [-0.3, -0.25) is 25.0 Å². The van der Waals surface area contributed by atoms with Gasteiger partial charge in [-0.15, -0.1) is 0 Å². The van der Waals surface area contributed by atoms with E-state index in [9.17, 15) is 25.0 Å². The molecule has 0 heterocycles. The molecule has 1 N–H and O–H groups in total. The average molecular weight is 416 g/mol. The van der Waals surface area contributed by atoms with Gasteiger partial charge >= 0.3 is 0 Å². The maximum atomic E-state index is 12.5. The van der Waals surface area contributed by atoms with E-state index in [0.717, 1.165) is 0 Å². The van der Waals surface area contributed by atoms with Crippen LogP contribution in [0.2, 0.25) is 0 Å². The summed E-state index contributed by atoms with van der Waals surface area (Å²) in [5.74, 6) is -0.750. The minimum absolute atomic E-state index is 0.0740. The molecule has 154 valence electrons. The van der Waals surface area contributed by atoms with Gasteiger partial charge in [0.05, 0.1) is 21.1 Å². The van der Waals surface area contributed by atoms with Crippen molar-refractivity contribution >= 4 is 29.1 Å². The molecule has 0 aromatic heterocycles. The SMILES string of the molecule is O=C(N/N=C(\C=C\c1ccccc1[N+](=O)[O-])c1ccccc1)c1ccccc1[N+](=O)[O-]. The van der Waals surface area contributed by atoms with Gasteiger partial charge in [0.2, 0.25) is 0 Å². The quantitative estimate of drug-likeness (QED) is 0.348. The third-order valence-electron chi connectivity index (χ3n) is 4.25. The van der Waals surface area contributed by atoms with Crippen LogP contribution in [-0.4, -0.2) is 21.5 Å². The molecule has 9 heteroatoms. The largest absolute Gasteiger partial charge is 0.282 e. The van der Waals surface area contributed by atoms with Gasteiger partial charge in [-0.1, -0.05) is 54.6 Å². The second-order valence-electron chi connectivity index (χ2n) is 6.23. The maximum Gasteiger partial charge on any atom is 0.282 e. The predicted molar refractivity (Wildman–Crippen MR) is 116 cm³/mol. The van der Waals surface area contributed by atoms with Crippen LogP contribution in [0.15, 0.2) is 90.0 Å². The number of carbonyl (C=O) groups is 1. The molecule has 0 bridgehead atoms. The summed E-state index contributed by atoms with van der Waals surface area (Å²) in [7, 11) is 0. The van der Waals surface area contributed by atoms with E-state index >= 15 is 0 Å². The average Bonchev–Trinajstić information content (AvgIpc) is 2.79. The third kappa shape index (κ3) is 5.24. The molecule has 9 nitrogen and oxygen atoms in total. The Morgan fingerprint density at radius 2 is 1.39 bits per heavy atom. The normalized spacial score (nSPS) is 11.3. The number of nitrogens with one attached hydrogen (secondary N) is 1. The van der Waals surface area contributed by atoms with E-state index in [4.69, 9.17) is 0 Å². The molecule has 31 heavy (non-hydrogen) atoms. The van der Waals surface area contributed by atoms with Crippen molar-refractivity contribution in [1.82, 2.24) is 5.43 Å². The van der Waals surface area contributed by atoms with Crippen LogP contribution in [0.5, 0.6) is 0 Å². The number of benzene rings is 3. The summed E-state index contributed by atoms with van der Waals surface area (Å²) in [6.07, 6.45) is 3.04. The van der Waals surface area contributed by atoms with E-state index in [1.165, 1.54) is 42.5 Å². The van der Waals surface area contributed by atoms with Gasteiger partial charge < -0.3 is 0 Å². The second-order valence-corrected chi connectivity index (χ2v) is 6.23. The van der Waals surface area contributed by atoms with Crippen LogP contribution in [0.3, 0.4) is 0 Å². The van der Waals surface area contributed by atoms with E-state index in [1.807, 2.05) is 0 Å². The maximum absolute atomic E-state index is 12.5. The summed E-state index contributed by atoms with van der Waals surface area (Å²) in [5.41, 5.74) is 3.09. The van der Waals surface area contributed by atoms with Crippen molar-refractivity contribution in [3.8, 4) is 0 Å². The number of nitro benzene ring substituents is 2. The van der Waals surface area contributed by atoms with Gasteiger partial charge in [-0.25, -0.2) is 5.43 Å². The van der Waals surface area contributed by atoms with Crippen molar-refractivity contribution in [3.05, 3.63) is 122 Å². The molecule has 0 aliphatic carbocycles. The summed E-state index contributed by atoms with van der Waals surface area (Å²) < 4.78 is 0. The molecule has 1 amide bonds. The number of para-hydroxylation sites is 2. The standard InChI is InChI=1S/C22H16N4O5/c27-22(18-11-5-7-13-21(18)26(30)31)24-23-19(16-8-2-1-3-9-16)15-14-17-10-4-6-12-20(17)25(28)29/h1-15H,(H,24,27)/b15-14+,23-19+. The first-order chi connectivity index (χ1) is 15.0. The Morgan fingerprint density at radius 3 is 2.06 bits per heavy atom. The second kappa shape index (κ2) is 9.70. The summed E-state index contributed by atoms with van der Waals surface area (Å²) >= 11 is 0. The lowest BCUT2D eigenvalue weighted by Gasteiger charge is -2.05. The summed E-state index contributed by atoms with van der Waals surface area (Å²) in [6, 6.07) is 20.6. The Labute approximate surface area is 176 Å². The molecule has 0 saturated carbocycles. The zero-order chi connectivity index (χ0) is 22.2. The van der Waals surface area contributed by atoms with Crippen LogP contribution in [0, 0.1) is 20.2 Å². The van der Waals surface area contributed by atoms with E-state index < -0.39 is 15.8 Å². The molecule has 0 saturated heterocycles. The Morgan fingerprint density at radius 1 is 0.806 bits per heavy atom. The zero-order valence-corrected chi connectivity index (χ0v) is 16.0. The Hall–Kier alpha value is -4.66. The van der Waals surface area contributed by atoms with E-state index in [2.05, 4.69) is 10.5 Å². The van der Waals surface area contributed by atoms with Gasteiger partial charge in [-0.2, -0.15) is 5.10 Å². The lowest BCUT2D eigenvalue weighted by molar-refractivity contribution is -0.385. The van der Waals surface area contributed by atoms with Gasteiger partial charge in [0.1, 0.15) is 5.56 Å². The first-order valence-corrected chi connectivity index (χ1v) is 9.05. The van der Waals surface area contributed by atoms with Gasteiger partial charge in [0, 0.05) is 17.7 Å². The Kier molecular flexibility index (Phi) is 6.59. The highest BCUT2D eigenvalue weighted by atomic mass is 16.6. The molecule has 3 aromatic rings. The van der Waals surface area contributed by atoms with Crippen LogP contribution < -0.4 is 5.43 Å². The molecule has 0 aliphatic heterocycles. The van der Waals surface area contributed by atoms with Gasteiger partial charge in [0.25, 0.3) is 17.3 Å². The highest BCUT2D eigenvalue weighted by molar-refractivity contribution is 6.11. The molecule has 0 fully saturated rings. The molecule has 3 aromatic carbocycles. The Balaban J connectivity index is 1.94. The molecule has 0 radical (unpaired) electrons. The number of amides is 1. The highest BCUT2D eigenvalue weighted by Crippen LogP contribution is 2.20. The van der Waals surface area contributed by atoms with Crippen molar-refractivity contribution in [1.29, 1.82) is 0 Å². The smallest absolute Gasteiger partial charge is 0.267 e. The predicted octanol–water partition coefficient (Wildman–Crippen LogP) is 4.35. The molecule has 0 spiro atoms. The number of nitrogens with zero attached hydrogens (tertiary/aromatic N) is 3. The third-order valence-corrected chi connectivity index (χ3v) is 4.25. The molecular weight excluding hydrogens is 400 g/mol. The number of nitro groups is 2. The summed E-state index contributed by atoms with van der Waals surface area (Å²) in [5, 5.41) is 26.5. The number of hydrogen-bond donors (Lipinski definition) is 1. The topological polar surface area (TPSA) is 128 Å². The monoisotopic (exact) mass is 416 g/mol. The van der Waals surface area contributed by atoms with Crippen LogP contribution in [-0.2, 0) is 0 Å². The fourth-order valence-electron chi connectivity index (χ4n) is 2.77. The fraction of sp³-hybridized carbons (Fsp3) is 0. The Bertz CT molecular complexity index is 1190. The molecular formula is C22H16N4O5. The molecule has 0 atom stereocenters. The number of hydrogen-bond acceptors (Lipinski definition) is 6. The van der Waals surface area contributed by atoms with E-state index in [0.29, 0.717) is 16.8 Å². The van der Waals surface area contributed by atoms with Gasteiger partial charge in [-0.05, 0) is 24.3 Å². The van der Waals surface area contributed by atoms with Crippen molar-refractivity contribution in [3.63, 3.8) is 0 Å². The minimum atomic E-state index is -0.750. The van der Waals surface area contributed by atoms with Crippen molar-refractivity contribution in [2.45, 2.75) is 0 Å². The summed E-state index contributed by atoms with van der Waals surface area (Å²) in [6.45, 7) is 0. The van der Waals surface area contributed by atoms with Crippen molar-refractivity contribution < 1.29 is 14.6 Å². The molecule has 3 rings (SSSR count). The van der Waals surface area contributed by atoms with Crippen LogP contribution in [0.25, 0.3) is 6.08 Å². The number of carbonyl (C=O) groups excluding carboxylic acids is 1. The van der Waals surface area contributed by atoms with E-state index in [-0.39, 0.29) is 16.9 Å². The zero-order valence-electron chi connectivity index (χ0n) is 16.0. The van der Waals surface area contributed by atoms with Crippen LogP contribution in [0.4, 0.5) is 11.4 Å². The van der Waals surface area contributed by atoms with Crippen molar-refractivity contribution in [2.75, 3.05) is 0 Å². The molecule has 0 unspecified atom stereocenters. The lowest BCUT2D eigenvalue weighted by atomic mass is 10.1. The number of rotatable bonds is 7. The fourth-order valence-corrected chi connectivity index (χ4v) is 2.77. The highest BCUT2D eigenvalue weighted by Gasteiger charge is 2.19. The lowest BCUT2D eigenvalue weighted by Crippen LogP contribution is -2.20. The van der Waals surface area contributed by atoms with Gasteiger partial charge in [0.15, 0.2) is 0 Å². The van der Waals surface area contributed by atoms with Crippen molar-refractivity contribution in [2.24, 2.45) is 5.10 Å². The number of hydrazone groups is 1. The van der Waals surface area contributed by atoms with Crippen LogP contribution >= 0.6 is 0 Å². The summed E-state index contributed by atoms with van der Waals surface area (Å²) in [4.78, 5) is 33.7. The number of allylic oxidation sites excluding steroid dienone is 1. The first kappa shape index (κ1) is 21.1.